The Bertz CT molecular complexity index is 923. The van der Waals surface area contributed by atoms with Crippen molar-refractivity contribution in [3.8, 4) is 11.5 Å². The third-order valence-electron chi connectivity index (χ3n) is 5.54. The highest BCUT2D eigenvalue weighted by Crippen LogP contribution is 2.52. The van der Waals surface area contributed by atoms with E-state index in [-0.39, 0.29) is 35.5 Å². The summed E-state index contributed by atoms with van der Waals surface area (Å²) in [4.78, 5) is 25.5. The summed E-state index contributed by atoms with van der Waals surface area (Å²) < 4.78 is 11.9. The highest BCUT2D eigenvalue weighted by atomic mass is 79.9. The van der Waals surface area contributed by atoms with Gasteiger partial charge in [0, 0.05) is 10.0 Å². The number of methoxy groups -OCH3 is 1. The van der Waals surface area contributed by atoms with Crippen molar-refractivity contribution in [3.05, 3.63) is 33.3 Å². The Balaban J connectivity index is 1.63. The van der Waals surface area contributed by atoms with Crippen LogP contribution in [0.5, 0.6) is 11.5 Å². The smallest absolute Gasteiger partial charge is 0.254 e. The zero-order valence-corrected chi connectivity index (χ0v) is 19.0. The molecule has 2 fully saturated rings. The molecule has 29 heavy (non-hydrogen) atoms. The quantitative estimate of drug-likeness (QED) is 0.362. The molecule has 1 saturated heterocycles. The number of hydrogen-bond donors (Lipinski definition) is 0. The van der Waals surface area contributed by atoms with Crippen LogP contribution in [0.25, 0.3) is 0 Å². The van der Waals surface area contributed by atoms with Crippen LogP contribution in [-0.2, 0) is 9.59 Å². The summed E-state index contributed by atoms with van der Waals surface area (Å²) in [6.07, 6.45) is 6.45. The Labute approximate surface area is 183 Å². The fraction of sp³-hybridized carbons (Fsp3) is 0.476. The van der Waals surface area contributed by atoms with Crippen molar-refractivity contribution in [2.45, 2.75) is 32.8 Å². The van der Waals surface area contributed by atoms with E-state index in [4.69, 9.17) is 21.1 Å². The first-order chi connectivity index (χ1) is 13.6. The maximum atomic E-state index is 12.8. The molecule has 1 saturated carbocycles. The average Bonchev–Trinajstić information content (AvgIpc) is 3.33. The van der Waals surface area contributed by atoms with Gasteiger partial charge in [0.15, 0.2) is 11.5 Å². The molecular formula is C21H22BrClN2O4. The summed E-state index contributed by atoms with van der Waals surface area (Å²) in [5.74, 6) is 0.139. The monoisotopic (exact) mass is 480 g/mol. The van der Waals surface area contributed by atoms with Crippen LogP contribution < -0.4 is 9.47 Å². The van der Waals surface area contributed by atoms with Crippen molar-refractivity contribution in [3.63, 3.8) is 0 Å². The second-order valence-corrected chi connectivity index (χ2v) is 9.74. The summed E-state index contributed by atoms with van der Waals surface area (Å²) in [7, 11) is 1.52. The van der Waals surface area contributed by atoms with Crippen molar-refractivity contribution in [1.82, 2.24) is 5.01 Å². The summed E-state index contributed by atoms with van der Waals surface area (Å²) in [5, 5.41) is 5.55. The van der Waals surface area contributed by atoms with Gasteiger partial charge in [0.25, 0.3) is 11.8 Å². The van der Waals surface area contributed by atoms with Crippen LogP contribution in [0.15, 0.2) is 27.8 Å². The lowest BCUT2D eigenvalue weighted by Gasteiger charge is -2.24. The number of nitrogens with zero attached hydrogens (tertiary/aromatic N) is 2. The standard InChI is InChI=1S/C21H22BrClN2O4/c1-21(2,3)29-18-13(28-4)8-12(16(22)17(18)23)9-24-25-19(26)14-10-5-6-11(7-10)15(14)20(25)27/h5-6,8-11,14-15H,7H2,1-4H3/t10-,11-,14-,15+/m0/s1. The van der Waals surface area contributed by atoms with Gasteiger partial charge in [0.2, 0.25) is 0 Å². The number of benzene rings is 1. The largest absolute Gasteiger partial charge is 0.493 e. The van der Waals surface area contributed by atoms with E-state index in [2.05, 4.69) is 33.2 Å². The predicted molar refractivity (Wildman–Crippen MR) is 113 cm³/mol. The minimum Gasteiger partial charge on any atom is -0.493 e. The topological polar surface area (TPSA) is 68.2 Å². The number of carbonyl (C=O) groups excluding carboxylic acids is 2. The van der Waals surface area contributed by atoms with E-state index in [1.54, 1.807) is 6.07 Å². The molecule has 154 valence electrons. The number of hydrogen-bond acceptors (Lipinski definition) is 5. The normalized spacial score (nSPS) is 28.0. The van der Waals surface area contributed by atoms with Crippen LogP contribution in [0.3, 0.4) is 0 Å². The van der Waals surface area contributed by atoms with Gasteiger partial charge in [-0.05, 0) is 61.0 Å². The van der Waals surface area contributed by atoms with Gasteiger partial charge in [0.05, 0.1) is 25.2 Å². The molecule has 1 aromatic rings. The third kappa shape index (κ3) is 3.38. The van der Waals surface area contributed by atoms with Crippen LogP contribution >= 0.6 is 27.5 Å². The van der Waals surface area contributed by atoms with Crippen molar-refractivity contribution >= 4 is 45.6 Å². The molecule has 0 aromatic heterocycles. The first-order valence-corrected chi connectivity index (χ1v) is 10.6. The number of fused-ring (bicyclic) bond motifs is 5. The Kier molecular flexibility index (Phi) is 5.02. The molecule has 2 amide bonds. The van der Waals surface area contributed by atoms with Crippen molar-refractivity contribution in [2.24, 2.45) is 28.8 Å². The molecule has 1 aliphatic heterocycles. The molecule has 8 heteroatoms. The lowest BCUT2D eigenvalue weighted by molar-refractivity contribution is -0.140. The summed E-state index contributed by atoms with van der Waals surface area (Å²) >= 11 is 9.96. The maximum absolute atomic E-state index is 12.8. The van der Waals surface area contributed by atoms with Gasteiger partial charge in [-0.15, -0.1) is 0 Å². The molecule has 1 aromatic carbocycles. The number of halogens is 2. The van der Waals surface area contributed by atoms with E-state index in [0.717, 1.165) is 11.4 Å². The zero-order chi connectivity index (χ0) is 21.1. The first-order valence-electron chi connectivity index (χ1n) is 9.47. The zero-order valence-electron chi connectivity index (χ0n) is 16.6. The Hall–Kier alpha value is -1.86. The fourth-order valence-electron chi connectivity index (χ4n) is 4.37. The van der Waals surface area contributed by atoms with Gasteiger partial charge in [-0.3, -0.25) is 9.59 Å². The third-order valence-corrected chi connectivity index (χ3v) is 6.99. The van der Waals surface area contributed by atoms with Gasteiger partial charge in [-0.1, -0.05) is 23.8 Å². The minimum absolute atomic E-state index is 0.150. The van der Waals surface area contributed by atoms with Crippen LogP contribution in [0.2, 0.25) is 5.02 Å². The summed E-state index contributed by atoms with van der Waals surface area (Å²) in [5.41, 5.74) is 0.109. The predicted octanol–water partition coefficient (Wildman–Crippen LogP) is 4.43. The molecule has 1 heterocycles. The highest BCUT2D eigenvalue weighted by Gasteiger charge is 2.59. The number of ether oxygens (including phenoxy) is 2. The van der Waals surface area contributed by atoms with Gasteiger partial charge in [0.1, 0.15) is 10.6 Å². The molecule has 6 nitrogen and oxygen atoms in total. The molecule has 4 atom stereocenters. The molecule has 0 unspecified atom stereocenters. The second-order valence-electron chi connectivity index (χ2n) is 8.57. The maximum Gasteiger partial charge on any atom is 0.254 e. The number of rotatable bonds is 4. The molecular weight excluding hydrogens is 460 g/mol. The molecule has 2 aliphatic carbocycles. The van der Waals surface area contributed by atoms with E-state index in [1.807, 2.05) is 20.8 Å². The van der Waals surface area contributed by atoms with Gasteiger partial charge in [-0.2, -0.15) is 10.1 Å². The first kappa shape index (κ1) is 20.4. The molecule has 4 rings (SSSR count). The minimum atomic E-state index is -0.467. The lowest BCUT2D eigenvalue weighted by Crippen LogP contribution is -2.28. The highest BCUT2D eigenvalue weighted by molar-refractivity contribution is 9.10. The number of imide groups is 1. The molecule has 3 aliphatic rings. The van der Waals surface area contributed by atoms with Crippen LogP contribution in [0.1, 0.15) is 32.8 Å². The van der Waals surface area contributed by atoms with Crippen molar-refractivity contribution < 1.29 is 19.1 Å². The Morgan fingerprint density at radius 2 is 1.79 bits per heavy atom. The van der Waals surface area contributed by atoms with Crippen molar-refractivity contribution in [1.29, 1.82) is 0 Å². The van der Waals surface area contributed by atoms with E-state index < -0.39 is 5.60 Å². The number of hydrazone groups is 1. The molecule has 0 spiro atoms. The van der Waals surface area contributed by atoms with E-state index in [0.29, 0.717) is 26.6 Å². The van der Waals surface area contributed by atoms with Gasteiger partial charge in [-0.25, -0.2) is 0 Å². The van der Waals surface area contributed by atoms with E-state index in [1.165, 1.54) is 13.3 Å². The SMILES string of the molecule is COc1cc(C=NN2C(=O)[C@@H]3[C@H](C2=O)[C@H]2C=C[C@H]3C2)c(Br)c(Cl)c1OC(C)(C)C. The Morgan fingerprint density at radius 1 is 1.21 bits per heavy atom. The molecule has 2 bridgehead atoms. The van der Waals surface area contributed by atoms with Crippen LogP contribution in [-0.4, -0.2) is 35.7 Å². The van der Waals surface area contributed by atoms with E-state index >= 15 is 0 Å². The van der Waals surface area contributed by atoms with Gasteiger partial charge >= 0.3 is 0 Å². The second kappa shape index (κ2) is 7.13. The fourth-order valence-corrected chi connectivity index (χ4v) is 5.01. The Morgan fingerprint density at radius 3 is 2.31 bits per heavy atom. The molecule has 0 N–H and O–H groups in total. The average molecular weight is 482 g/mol. The van der Waals surface area contributed by atoms with Crippen molar-refractivity contribution in [2.75, 3.05) is 7.11 Å². The van der Waals surface area contributed by atoms with Gasteiger partial charge < -0.3 is 9.47 Å². The lowest BCUT2D eigenvalue weighted by atomic mass is 9.85. The number of allylic oxidation sites excluding steroid dienone is 2. The summed E-state index contributed by atoms with van der Waals surface area (Å²) in [6.45, 7) is 5.74. The van der Waals surface area contributed by atoms with Crippen LogP contribution in [0.4, 0.5) is 0 Å². The van der Waals surface area contributed by atoms with Crippen LogP contribution in [0, 0.1) is 23.7 Å². The number of amides is 2. The molecule has 0 radical (unpaired) electrons. The summed E-state index contributed by atoms with van der Waals surface area (Å²) in [6, 6.07) is 1.71. The number of carbonyl (C=O) groups is 2. The van der Waals surface area contributed by atoms with E-state index in [9.17, 15) is 9.59 Å².